The molecule has 0 amide bonds. The molecule has 0 bridgehead atoms. The molecule has 2 unspecified atom stereocenters. The predicted octanol–water partition coefficient (Wildman–Crippen LogP) is 1.07. The molecule has 1 saturated heterocycles. The van der Waals surface area contributed by atoms with E-state index in [-0.39, 0.29) is 22.8 Å². The van der Waals surface area contributed by atoms with Gasteiger partial charge in [0.15, 0.2) is 9.84 Å². The Morgan fingerprint density at radius 2 is 2.33 bits per heavy atom. The summed E-state index contributed by atoms with van der Waals surface area (Å²) in [5.74, 6) is 0.928. The molecule has 5 nitrogen and oxygen atoms in total. The van der Waals surface area contributed by atoms with Crippen LogP contribution in [-0.4, -0.2) is 42.4 Å². The van der Waals surface area contributed by atoms with Crippen LogP contribution in [0.25, 0.3) is 0 Å². The van der Waals surface area contributed by atoms with Crippen molar-refractivity contribution in [3.8, 4) is 5.88 Å². The van der Waals surface area contributed by atoms with Gasteiger partial charge in [-0.05, 0) is 12.3 Å². The van der Waals surface area contributed by atoms with E-state index in [1.807, 2.05) is 0 Å². The molecular weight excluding hydrogens is 276 g/mol. The lowest BCUT2D eigenvalue weighted by Gasteiger charge is -2.15. The molecule has 0 spiro atoms. The number of halogens is 1. The summed E-state index contributed by atoms with van der Waals surface area (Å²) in [6.07, 6.45) is 2.59. The van der Waals surface area contributed by atoms with Crippen LogP contribution in [-0.2, 0) is 16.3 Å². The molecule has 0 radical (unpaired) electrons. The molecule has 0 aromatic carbocycles. The second-order valence-corrected chi connectivity index (χ2v) is 7.22. The third-order valence-electron chi connectivity index (χ3n) is 3.09. The first-order valence-electron chi connectivity index (χ1n) is 5.69. The summed E-state index contributed by atoms with van der Waals surface area (Å²) in [6, 6.07) is 1.72. The van der Waals surface area contributed by atoms with Gasteiger partial charge in [-0.25, -0.2) is 18.4 Å². The van der Waals surface area contributed by atoms with Gasteiger partial charge in [-0.1, -0.05) is 0 Å². The minimum atomic E-state index is -2.89. The van der Waals surface area contributed by atoms with Crippen molar-refractivity contribution in [2.45, 2.75) is 18.2 Å². The highest BCUT2D eigenvalue weighted by Gasteiger charge is 2.32. The number of hydrogen-bond donors (Lipinski definition) is 0. The molecule has 2 rings (SSSR count). The zero-order valence-electron chi connectivity index (χ0n) is 10.0. The van der Waals surface area contributed by atoms with E-state index in [9.17, 15) is 8.42 Å². The summed E-state index contributed by atoms with van der Waals surface area (Å²) in [4.78, 5) is 8.02. The molecule has 1 fully saturated rings. The summed E-state index contributed by atoms with van der Waals surface area (Å²) < 4.78 is 27.8. The highest BCUT2D eigenvalue weighted by molar-refractivity contribution is 7.91. The van der Waals surface area contributed by atoms with Gasteiger partial charge < -0.3 is 4.74 Å². The Morgan fingerprint density at radius 3 is 2.94 bits per heavy atom. The van der Waals surface area contributed by atoms with Gasteiger partial charge in [0, 0.05) is 23.6 Å². The van der Waals surface area contributed by atoms with Crippen LogP contribution >= 0.6 is 11.6 Å². The molecule has 2 atom stereocenters. The van der Waals surface area contributed by atoms with Gasteiger partial charge in [0.05, 0.1) is 18.6 Å². The summed E-state index contributed by atoms with van der Waals surface area (Å²) >= 11 is 6.28. The lowest BCUT2D eigenvalue weighted by Crippen LogP contribution is -2.19. The maximum absolute atomic E-state index is 11.4. The van der Waals surface area contributed by atoms with Crippen LogP contribution in [0.2, 0.25) is 0 Å². The topological polar surface area (TPSA) is 69.2 Å². The largest absolute Gasteiger partial charge is 0.481 e. The Balaban J connectivity index is 2.01. The molecule has 1 aromatic rings. The van der Waals surface area contributed by atoms with Gasteiger partial charge in [0.1, 0.15) is 6.33 Å². The van der Waals surface area contributed by atoms with E-state index in [0.717, 1.165) is 5.69 Å². The number of alkyl halides is 1. The van der Waals surface area contributed by atoms with Crippen molar-refractivity contribution in [1.29, 1.82) is 0 Å². The van der Waals surface area contributed by atoms with E-state index >= 15 is 0 Å². The molecule has 1 aliphatic heterocycles. The molecule has 2 heterocycles. The van der Waals surface area contributed by atoms with E-state index in [0.29, 0.717) is 18.7 Å². The van der Waals surface area contributed by atoms with Gasteiger partial charge in [-0.2, -0.15) is 0 Å². The third kappa shape index (κ3) is 3.32. The van der Waals surface area contributed by atoms with Gasteiger partial charge >= 0.3 is 0 Å². The summed E-state index contributed by atoms with van der Waals surface area (Å²) in [7, 11) is -1.35. The molecular formula is C11H15ClN2O3S. The van der Waals surface area contributed by atoms with Gasteiger partial charge in [0.2, 0.25) is 5.88 Å². The minimum absolute atomic E-state index is 0.0117. The number of hydrogen-bond acceptors (Lipinski definition) is 5. The Bertz CT molecular complexity index is 521. The van der Waals surface area contributed by atoms with Crippen molar-refractivity contribution in [3.05, 3.63) is 18.1 Å². The van der Waals surface area contributed by atoms with Crippen LogP contribution < -0.4 is 4.74 Å². The average Bonchev–Trinajstić information content (AvgIpc) is 2.70. The zero-order valence-corrected chi connectivity index (χ0v) is 11.6. The fourth-order valence-electron chi connectivity index (χ4n) is 2.08. The number of ether oxygens (including phenoxy) is 1. The summed E-state index contributed by atoms with van der Waals surface area (Å²) in [5.41, 5.74) is 0.770. The predicted molar refractivity (Wildman–Crippen MR) is 68.7 cm³/mol. The number of methoxy groups -OCH3 is 1. The molecule has 0 N–H and O–H groups in total. The highest BCUT2D eigenvalue weighted by Crippen LogP contribution is 2.27. The summed E-state index contributed by atoms with van der Waals surface area (Å²) in [5, 5.41) is -0.220. The highest BCUT2D eigenvalue weighted by atomic mass is 35.5. The number of sulfone groups is 1. The first-order valence-corrected chi connectivity index (χ1v) is 7.95. The van der Waals surface area contributed by atoms with Crippen molar-refractivity contribution >= 4 is 21.4 Å². The van der Waals surface area contributed by atoms with Crippen LogP contribution in [0.15, 0.2) is 12.4 Å². The quantitative estimate of drug-likeness (QED) is 0.776. The van der Waals surface area contributed by atoms with Gasteiger partial charge in [-0.3, -0.25) is 0 Å². The minimum Gasteiger partial charge on any atom is -0.481 e. The second-order valence-electron chi connectivity index (χ2n) is 4.43. The summed E-state index contributed by atoms with van der Waals surface area (Å²) in [6.45, 7) is 0. The second kappa shape index (κ2) is 5.40. The van der Waals surface area contributed by atoms with E-state index in [1.54, 1.807) is 6.07 Å². The van der Waals surface area contributed by atoms with Crippen molar-refractivity contribution < 1.29 is 13.2 Å². The monoisotopic (exact) mass is 290 g/mol. The molecule has 100 valence electrons. The van der Waals surface area contributed by atoms with Crippen LogP contribution in [0.3, 0.4) is 0 Å². The van der Waals surface area contributed by atoms with Gasteiger partial charge in [0.25, 0.3) is 0 Å². The van der Waals surface area contributed by atoms with E-state index in [4.69, 9.17) is 16.3 Å². The van der Waals surface area contributed by atoms with Crippen molar-refractivity contribution in [3.63, 3.8) is 0 Å². The third-order valence-corrected chi connectivity index (χ3v) is 5.40. The normalized spacial score (nSPS) is 23.8. The maximum atomic E-state index is 11.4. The first kappa shape index (κ1) is 13.5. The average molecular weight is 291 g/mol. The Morgan fingerprint density at radius 1 is 1.56 bits per heavy atom. The lowest BCUT2D eigenvalue weighted by molar-refractivity contribution is 0.395. The maximum Gasteiger partial charge on any atom is 0.216 e. The fraction of sp³-hybridized carbons (Fsp3) is 0.636. The SMILES string of the molecule is COc1cc(CC(Cl)C2CCS(=O)(=O)C2)ncn1. The van der Waals surface area contributed by atoms with Crippen molar-refractivity contribution in [2.75, 3.05) is 18.6 Å². The molecule has 18 heavy (non-hydrogen) atoms. The van der Waals surface area contributed by atoms with Crippen LogP contribution in [0, 0.1) is 5.92 Å². The standard InChI is InChI=1S/C11H15ClN2O3S/c1-17-11-5-9(13-7-14-11)4-10(12)8-2-3-18(15,16)6-8/h5,7-8,10H,2-4,6H2,1H3. The van der Waals surface area contributed by atoms with Crippen molar-refractivity contribution in [1.82, 2.24) is 9.97 Å². The smallest absolute Gasteiger partial charge is 0.216 e. The molecule has 1 aromatic heterocycles. The fourth-order valence-corrected chi connectivity index (χ4v) is 4.43. The zero-order chi connectivity index (χ0) is 13.2. The number of nitrogens with zero attached hydrogens (tertiary/aromatic N) is 2. The Kier molecular flexibility index (Phi) is 4.07. The van der Waals surface area contributed by atoms with Crippen LogP contribution in [0.5, 0.6) is 5.88 Å². The molecule has 0 saturated carbocycles. The first-order chi connectivity index (χ1) is 8.50. The molecule has 0 aliphatic carbocycles. The Hall–Kier alpha value is -0.880. The lowest BCUT2D eigenvalue weighted by atomic mass is 10.0. The number of aromatic nitrogens is 2. The molecule has 1 aliphatic rings. The van der Waals surface area contributed by atoms with Crippen LogP contribution in [0.4, 0.5) is 0 Å². The number of rotatable bonds is 4. The van der Waals surface area contributed by atoms with Crippen molar-refractivity contribution in [2.24, 2.45) is 5.92 Å². The van der Waals surface area contributed by atoms with Crippen LogP contribution in [0.1, 0.15) is 12.1 Å². The van der Waals surface area contributed by atoms with E-state index in [1.165, 1.54) is 13.4 Å². The van der Waals surface area contributed by atoms with E-state index < -0.39 is 9.84 Å². The Labute approximate surface area is 111 Å². The van der Waals surface area contributed by atoms with Gasteiger partial charge in [-0.15, -0.1) is 11.6 Å². The molecule has 7 heteroatoms. The van der Waals surface area contributed by atoms with E-state index in [2.05, 4.69) is 9.97 Å².